The highest BCUT2D eigenvalue weighted by molar-refractivity contribution is 6.37. The summed E-state index contributed by atoms with van der Waals surface area (Å²) in [6, 6.07) is 12.0. The van der Waals surface area contributed by atoms with Gasteiger partial charge in [0.2, 0.25) is 0 Å². The molecule has 2 aromatic rings. The number of hydrogen-bond acceptors (Lipinski definition) is 4. The number of nitro benzene ring substituents is 1. The lowest BCUT2D eigenvalue weighted by Gasteiger charge is -2.33. The quantitative estimate of drug-likeness (QED) is 0.602. The zero-order chi connectivity index (χ0) is 18.5. The number of rotatable bonds is 6. The number of non-ortho nitro benzene ring substituents is 1. The fourth-order valence-corrected chi connectivity index (χ4v) is 3.54. The number of nitro groups is 1. The number of hydrogen-bond donors (Lipinski definition) is 1. The first kappa shape index (κ1) is 18.8. The largest absolute Gasteiger partial charge is 0.485 e. The highest BCUT2D eigenvalue weighted by Crippen LogP contribution is 2.32. The van der Waals surface area contributed by atoms with Crippen molar-refractivity contribution in [2.45, 2.75) is 0 Å². The van der Waals surface area contributed by atoms with Crippen LogP contribution in [0.15, 0.2) is 42.5 Å². The van der Waals surface area contributed by atoms with Crippen LogP contribution in [0.5, 0.6) is 5.75 Å². The predicted octanol–water partition coefficient (Wildman–Crippen LogP) is 2.69. The van der Waals surface area contributed by atoms with Crippen molar-refractivity contribution in [2.75, 3.05) is 44.2 Å². The van der Waals surface area contributed by atoms with Gasteiger partial charge in [-0.15, -0.1) is 0 Å². The molecule has 1 aliphatic rings. The number of piperazine rings is 1. The Hall–Kier alpha value is -2.02. The second-order valence-electron chi connectivity index (χ2n) is 6.16. The highest BCUT2D eigenvalue weighted by Gasteiger charge is 2.21. The van der Waals surface area contributed by atoms with E-state index in [4.69, 9.17) is 27.9 Å². The summed E-state index contributed by atoms with van der Waals surface area (Å²) in [7, 11) is 0. The van der Waals surface area contributed by atoms with Gasteiger partial charge in [-0.3, -0.25) is 10.1 Å². The first-order valence-corrected chi connectivity index (χ1v) is 9.20. The highest BCUT2D eigenvalue weighted by atomic mass is 35.5. The van der Waals surface area contributed by atoms with Crippen LogP contribution in [-0.4, -0.2) is 44.3 Å². The van der Waals surface area contributed by atoms with Crippen LogP contribution in [0.3, 0.4) is 0 Å². The Bertz CT molecular complexity index is 743. The van der Waals surface area contributed by atoms with Crippen LogP contribution in [-0.2, 0) is 0 Å². The van der Waals surface area contributed by atoms with Gasteiger partial charge in [-0.05, 0) is 24.3 Å². The van der Waals surface area contributed by atoms with Crippen LogP contribution in [0.1, 0.15) is 0 Å². The molecule has 0 spiro atoms. The average Bonchev–Trinajstić information content (AvgIpc) is 2.65. The van der Waals surface area contributed by atoms with Crippen molar-refractivity contribution in [3.8, 4) is 5.75 Å². The van der Waals surface area contributed by atoms with E-state index in [-0.39, 0.29) is 10.6 Å². The van der Waals surface area contributed by atoms with Crippen molar-refractivity contribution >= 4 is 34.6 Å². The molecule has 1 fully saturated rings. The molecule has 1 N–H and O–H groups in total. The third-order valence-corrected chi connectivity index (χ3v) is 5.11. The van der Waals surface area contributed by atoms with Gasteiger partial charge < -0.3 is 14.5 Å². The summed E-state index contributed by atoms with van der Waals surface area (Å²) in [6.45, 7) is 5.19. The van der Waals surface area contributed by atoms with E-state index in [2.05, 4.69) is 4.90 Å². The second-order valence-corrected chi connectivity index (χ2v) is 6.97. The zero-order valence-corrected chi connectivity index (χ0v) is 15.7. The van der Waals surface area contributed by atoms with Crippen molar-refractivity contribution in [3.05, 3.63) is 62.6 Å². The molecule has 26 heavy (non-hydrogen) atoms. The molecule has 0 atom stereocenters. The lowest BCUT2D eigenvalue weighted by molar-refractivity contribution is -0.900. The molecule has 0 unspecified atom stereocenters. The molecule has 0 bridgehead atoms. The molecule has 2 aromatic carbocycles. The van der Waals surface area contributed by atoms with Gasteiger partial charge in [0.15, 0.2) is 5.75 Å². The van der Waals surface area contributed by atoms with Crippen molar-refractivity contribution in [2.24, 2.45) is 0 Å². The number of halogens is 2. The third kappa shape index (κ3) is 4.58. The lowest BCUT2D eigenvalue weighted by Crippen LogP contribution is -3.15. The number of nitrogens with one attached hydrogen (secondary N) is 1. The first-order valence-electron chi connectivity index (χ1n) is 8.44. The van der Waals surface area contributed by atoms with Gasteiger partial charge >= 0.3 is 0 Å². The minimum Gasteiger partial charge on any atom is -0.485 e. The van der Waals surface area contributed by atoms with Gasteiger partial charge in [0.1, 0.15) is 13.2 Å². The second kappa shape index (κ2) is 8.58. The number of anilines is 1. The molecule has 8 heteroatoms. The van der Waals surface area contributed by atoms with Crippen molar-refractivity contribution in [1.29, 1.82) is 0 Å². The van der Waals surface area contributed by atoms with E-state index in [1.165, 1.54) is 4.90 Å². The average molecular weight is 397 g/mol. The summed E-state index contributed by atoms with van der Waals surface area (Å²) < 4.78 is 5.76. The molecule has 1 saturated heterocycles. The fraction of sp³-hybridized carbons (Fsp3) is 0.333. The van der Waals surface area contributed by atoms with Crippen molar-refractivity contribution in [1.82, 2.24) is 0 Å². The maximum Gasteiger partial charge on any atom is 0.269 e. The number of para-hydroxylation sites is 1. The van der Waals surface area contributed by atoms with Gasteiger partial charge in [-0.25, -0.2) is 0 Å². The van der Waals surface area contributed by atoms with Crippen LogP contribution in [0.4, 0.5) is 11.4 Å². The predicted molar refractivity (Wildman–Crippen MR) is 103 cm³/mol. The van der Waals surface area contributed by atoms with Crippen LogP contribution in [0.2, 0.25) is 10.0 Å². The molecule has 0 aromatic heterocycles. The Kier molecular flexibility index (Phi) is 6.19. The Morgan fingerprint density at radius 2 is 1.69 bits per heavy atom. The minimum atomic E-state index is -0.378. The van der Waals surface area contributed by atoms with E-state index in [0.29, 0.717) is 22.4 Å². The smallest absolute Gasteiger partial charge is 0.269 e. The number of ether oxygens (including phenoxy) is 1. The SMILES string of the molecule is O=[N+]([O-])c1ccc(N2CC[NH+](CCOc3c(Cl)cccc3Cl)CC2)cc1. The van der Waals surface area contributed by atoms with Crippen molar-refractivity contribution < 1.29 is 14.6 Å². The summed E-state index contributed by atoms with van der Waals surface area (Å²) in [5.41, 5.74) is 1.14. The van der Waals surface area contributed by atoms with Gasteiger partial charge in [0.05, 0.1) is 41.1 Å². The molecule has 1 aliphatic heterocycles. The Morgan fingerprint density at radius 1 is 1.08 bits per heavy atom. The summed E-state index contributed by atoms with van der Waals surface area (Å²) in [5, 5.41) is 11.8. The zero-order valence-electron chi connectivity index (χ0n) is 14.2. The van der Waals surface area contributed by atoms with Crippen LogP contribution >= 0.6 is 23.2 Å². The molecule has 6 nitrogen and oxygen atoms in total. The van der Waals surface area contributed by atoms with E-state index in [1.807, 2.05) is 12.1 Å². The van der Waals surface area contributed by atoms with E-state index < -0.39 is 0 Å². The van der Waals surface area contributed by atoms with Gasteiger partial charge in [0, 0.05) is 17.8 Å². The number of benzene rings is 2. The molecule has 0 saturated carbocycles. The summed E-state index contributed by atoms with van der Waals surface area (Å²) in [4.78, 5) is 14.1. The molecule has 0 aliphatic carbocycles. The maximum atomic E-state index is 10.7. The molecular formula is C18H20Cl2N3O3+. The van der Waals surface area contributed by atoms with E-state index >= 15 is 0 Å². The Labute approximate surface area is 162 Å². The summed E-state index contributed by atoms with van der Waals surface area (Å²) >= 11 is 12.2. The minimum absolute atomic E-state index is 0.119. The maximum absolute atomic E-state index is 10.7. The van der Waals surface area contributed by atoms with E-state index in [1.54, 1.807) is 30.3 Å². The third-order valence-electron chi connectivity index (χ3n) is 4.52. The monoisotopic (exact) mass is 396 g/mol. The number of quaternary nitrogens is 1. The standard InChI is InChI=1S/C18H19Cl2N3O3/c19-16-2-1-3-17(20)18(16)26-13-12-21-8-10-22(11-9-21)14-4-6-15(7-5-14)23(24)25/h1-7H,8-13H2/p+1. The molecular weight excluding hydrogens is 377 g/mol. The Morgan fingerprint density at radius 3 is 2.27 bits per heavy atom. The topological polar surface area (TPSA) is 60.0 Å². The fourth-order valence-electron chi connectivity index (χ4n) is 3.03. The molecule has 138 valence electrons. The van der Waals surface area contributed by atoms with E-state index in [0.717, 1.165) is 38.4 Å². The number of nitrogens with zero attached hydrogens (tertiary/aromatic N) is 2. The Balaban J connectivity index is 1.46. The molecule has 3 rings (SSSR count). The molecule has 0 amide bonds. The van der Waals surface area contributed by atoms with Crippen LogP contribution < -0.4 is 14.5 Å². The normalized spacial score (nSPS) is 15.1. The van der Waals surface area contributed by atoms with Gasteiger partial charge in [-0.1, -0.05) is 29.3 Å². The van der Waals surface area contributed by atoms with Gasteiger partial charge in [-0.2, -0.15) is 0 Å². The van der Waals surface area contributed by atoms with Crippen molar-refractivity contribution in [3.63, 3.8) is 0 Å². The van der Waals surface area contributed by atoms with Crippen LogP contribution in [0.25, 0.3) is 0 Å². The lowest BCUT2D eigenvalue weighted by atomic mass is 10.2. The van der Waals surface area contributed by atoms with E-state index in [9.17, 15) is 10.1 Å². The van der Waals surface area contributed by atoms with Gasteiger partial charge in [0.25, 0.3) is 5.69 Å². The first-order chi connectivity index (χ1) is 12.5. The molecule has 0 radical (unpaired) electrons. The summed E-state index contributed by atoms with van der Waals surface area (Å²) in [5.74, 6) is 0.541. The molecule has 1 heterocycles. The van der Waals surface area contributed by atoms with Crippen LogP contribution in [0, 0.1) is 10.1 Å². The summed E-state index contributed by atoms with van der Waals surface area (Å²) in [6.07, 6.45) is 0.